The van der Waals surface area contributed by atoms with E-state index in [1.165, 1.54) is 15.8 Å². The van der Waals surface area contributed by atoms with Gasteiger partial charge in [-0.1, -0.05) is 0 Å². The number of imidazole rings is 1. The number of ether oxygens (including phenoxy) is 2. The number of fused-ring (bicyclic) bond motifs is 1. The molecule has 2 saturated heterocycles. The van der Waals surface area contributed by atoms with Crippen molar-refractivity contribution in [3.63, 3.8) is 0 Å². The van der Waals surface area contributed by atoms with Crippen molar-refractivity contribution >= 4 is 52.6 Å². The van der Waals surface area contributed by atoms with Crippen molar-refractivity contribution in [1.29, 1.82) is 0 Å². The number of nitrogen functional groups attached to an aromatic ring is 1. The Morgan fingerprint density at radius 2 is 1.60 bits per heavy atom. The quantitative estimate of drug-likeness (QED) is 0.0716. The number of amides is 1. The minimum absolute atomic E-state index is 0.0194. The van der Waals surface area contributed by atoms with Crippen molar-refractivity contribution in [2.45, 2.75) is 49.0 Å². The summed E-state index contributed by atoms with van der Waals surface area (Å²) in [6.07, 6.45) is -8.84. The van der Waals surface area contributed by atoms with E-state index in [-0.39, 0.29) is 27.2 Å². The number of nitrogens with zero attached hydrogens (tertiary/aromatic N) is 5. The van der Waals surface area contributed by atoms with Gasteiger partial charge in [-0.15, -0.1) is 0 Å². The second-order valence-electron chi connectivity index (χ2n) is 9.65. The molecular formula is C20H27N7O13P2Se. The number of aliphatic hydroxyl groups excluding tert-OH is 4. The van der Waals surface area contributed by atoms with Crippen LogP contribution in [-0.4, -0.2) is 131 Å². The van der Waals surface area contributed by atoms with Crippen LogP contribution in [0.3, 0.4) is 0 Å². The minimum atomic E-state index is -4.86. The van der Waals surface area contributed by atoms with Gasteiger partial charge in [-0.25, -0.2) is 15.0 Å². The van der Waals surface area contributed by atoms with E-state index in [4.69, 9.17) is 30.0 Å². The normalized spacial score (nSPS) is 32.1. The van der Waals surface area contributed by atoms with Crippen LogP contribution in [0.25, 0.3) is 11.2 Å². The van der Waals surface area contributed by atoms with Crippen molar-refractivity contribution in [2.24, 2.45) is 5.73 Å². The zero-order chi connectivity index (χ0) is 31.3. The molecule has 43 heavy (non-hydrogen) atoms. The number of anilines is 1. The van der Waals surface area contributed by atoms with E-state index < -0.39 is 104 Å². The summed E-state index contributed by atoms with van der Waals surface area (Å²) < 4.78 is 47.7. The summed E-state index contributed by atoms with van der Waals surface area (Å²) in [5.41, 5.74) is 11.3. The third-order valence-corrected chi connectivity index (χ3v) is 12.5. The van der Waals surface area contributed by atoms with Crippen LogP contribution in [0.4, 0.5) is 5.82 Å². The van der Waals surface area contributed by atoms with Crippen molar-refractivity contribution in [1.82, 2.24) is 24.5 Å². The molecule has 0 aliphatic carbocycles. The summed E-state index contributed by atoms with van der Waals surface area (Å²) in [5, 5.41) is 41.6. The van der Waals surface area contributed by atoms with Gasteiger partial charge in [0.2, 0.25) is 0 Å². The molecule has 2 aliphatic heterocycles. The summed E-state index contributed by atoms with van der Waals surface area (Å²) in [7, 11) is -9.71. The molecule has 23 heteroatoms. The number of rotatable bonds is 11. The van der Waals surface area contributed by atoms with Gasteiger partial charge in [0.15, 0.2) is 17.7 Å². The maximum atomic E-state index is 12.6. The number of aromatic nitrogens is 5. The van der Waals surface area contributed by atoms with E-state index >= 15 is 0 Å². The van der Waals surface area contributed by atoms with Gasteiger partial charge in [-0.2, -0.15) is 0 Å². The Morgan fingerprint density at radius 1 is 0.977 bits per heavy atom. The van der Waals surface area contributed by atoms with Crippen molar-refractivity contribution in [3.05, 3.63) is 27.9 Å². The second-order valence-corrected chi connectivity index (χ2v) is 15.7. The number of carbonyl (C=O) groups is 1. The summed E-state index contributed by atoms with van der Waals surface area (Å²) in [5.74, 6) is -2.09. The Kier molecular flexibility index (Phi) is 9.22. The second kappa shape index (κ2) is 12.3. The van der Waals surface area contributed by atoms with Gasteiger partial charge in [-0.05, 0) is 0 Å². The van der Waals surface area contributed by atoms with Gasteiger partial charge < -0.3 is 20.7 Å². The van der Waals surface area contributed by atoms with Gasteiger partial charge in [0.05, 0.1) is 6.33 Å². The van der Waals surface area contributed by atoms with E-state index in [2.05, 4.69) is 19.9 Å². The number of aliphatic hydroxyl groups is 4. The fourth-order valence-electron chi connectivity index (χ4n) is 4.46. The fraction of sp³-hybridized carbons (Fsp3) is 0.550. The SMILES string of the molecule is NC(=O)c1c[se]c(C2OC(COP(=O)(O)CP(=O)(O)OCC3OC(n4cnc5c(N)ncnc54)C(O)C3O)C(O)C2O)n1. The number of primary amides is 1. The molecule has 2 aliphatic rings. The van der Waals surface area contributed by atoms with E-state index in [1.807, 2.05) is 0 Å². The molecule has 10 unspecified atom stereocenters. The van der Waals surface area contributed by atoms with E-state index in [1.54, 1.807) is 0 Å². The number of hydrogen-bond acceptors (Lipinski definition) is 16. The summed E-state index contributed by atoms with van der Waals surface area (Å²) in [6, 6.07) is 0. The molecule has 0 spiro atoms. The standard InChI is InChI=1S/C20H27N7O13P2Se/c21-16-10-18(24-4-23-16)27(5-25-10)20-14(31)12(29)9(40-20)2-38-42(35,36)6-41(33,34)37-1-8-11(28)13(30)15(39-8)19-26-7(3-43-19)17(22)32/h3-5,8-9,11-15,20,28-31H,1-2,6H2,(H2,22,32)(H,33,34)(H,35,36)(H2,21,23,24). The Balaban J connectivity index is 1.15. The predicted molar refractivity (Wildman–Crippen MR) is 141 cm³/mol. The van der Waals surface area contributed by atoms with Crippen LogP contribution < -0.4 is 11.5 Å². The summed E-state index contributed by atoms with van der Waals surface area (Å²) >= 11 is -0.500. The third kappa shape index (κ3) is 6.75. The monoisotopic (exact) mass is 715 g/mol. The van der Waals surface area contributed by atoms with E-state index in [0.29, 0.717) is 0 Å². The zero-order valence-electron chi connectivity index (χ0n) is 21.7. The van der Waals surface area contributed by atoms with Gasteiger partial charge >= 0.3 is 159 Å². The first kappa shape index (κ1) is 32.2. The molecule has 0 bridgehead atoms. The fourth-order valence-corrected chi connectivity index (χ4v) is 9.53. The van der Waals surface area contributed by atoms with E-state index in [0.717, 1.165) is 6.33 Å². The first-order valence-corrected chi connectivity index (χ1v) is 17.7. The Bertz CT molecular complexity index is 1590. The van der Waals surface area contributed by atoms with Gasteiger partial charge in [-0.3, -0.25) is 4.57 Å². The molecule has 20 nitrogen and oxygen atoms in total. The number of nitrogens with two attached hydrogens (primary N) is 2. The van der Waals surface area contributed by atoms with Crippen molar-refractivity contribution in [2.75, 3.05) is 24.9 Å². The topological polar surface area (TPSA) is 318 Å². The Hall–Kier alpha value is -2.19. The van der Waals surface area contributed by atoms with Crippen LogP contribution in [-0.2, 0) is 27.7 Å². The first-order valence-electron chi connectivity index (χ1n) is 12.3. The van der Waals surface area contributed by atoms with Crippen LogP contribution in [0, 0.1) is 0 Å². The Morgan fingerprint density at radius 3 is 2.23 bits per heavy atom. The van der Waals surface area contributed by atoms with Crippen molar-refractivity contribution in [3.8, 4) is 0 Å². The molecule has 2 fully saturated rings. The molecule has 1 amide bonds. The molecule has 5 rings (SSSR count). The molecule has 0 saturated carbocycles. The molecule has 10 atom stereocenters. The van der Waals surface area contributed by atoms with Crippen molar-refractivity contribution < 1.29 is 62.7 Å². The summed E-state index contributed by atoms with van der Waals surface area (Å²) in [6.45, 7) is -1.53. The Labute approximate surface area is 247 Å². The number of carbonyl (C=O) groups excluding carboxylic acids is 1. The molecule has 5 heterocycles. The van der Waals surface area contributed by atoms with E-state index in [9.17, 15) is 44.1 Å². The molecule has 0 aromatic carbocycles. The molecule has 236 valence electrons. The maximum absolute atomic E-state index is 12.6. The zero-order valence-corrected chi connectivity index (χ0v) is 25.2. The van der Waals surface area contributed by atoms with Crippen LogP contribution in [0.5, 0.6) is 0 Å². The van der Waals surface area contributed by atoms with Gasteiger partial charge in [0.25, 0.3) is 0 Å². The van der Waals surface area contributed by atoms with Gasteiger partial charge in [0, 0.05) is 0 Å². The first-order chi connectivity index (χ1) is 20.2. The average Bonchev–Trinajstić information content (AvgIpc) is 3.70. The van der Waals surface area contributed by atoms with Crippen LogP contribution in [0.15, 0.2) is 17.6 Å². The van der Waals surface area contributed by atoms with Crippen LogP contribution in [0.1, 0.15) is 27.4 Å². The van der Waals surface area contributed by atoms with Crippen LogP contribution in [0.2, 0.25) is 0 Å². The molecule has 3 aromatic heterocycles. The molecule has 0 radical (unpaired) electrons. The number of hydrogen-bond donors (Lipinski definition) is 8. The third-order valence-electron chi connectivity index (χ3n) is 6.62. The van der Waals surface area contributed by atoms with Gasteiger partial charge in [0.1, 0.15) is 24.1 Å². The molecule has 3 aromatic rings. The predicted octanol–water partition coefficient (Wildman–Crippen LogP) is -3.20. The summed E-state index contributed by atoms with van der Waals surface area (Å²) in [4.78, 5) is 49.1. The molecule has 10 N–H and O–H groups in total. The average molecular weight is 714 g/mol. The van der Waals surface area contributed by atoms with Crippen LogP contribution >= 0.6 is 15.2 Å². The molecular weight excluding hydrogens is 687 g/mol.